The maximum atomic E-state index is 12.2. The number of benzene rings is 1. The molecule has 1 fully saturated rings. The first kappa shape index (κ1) is 15.9. The van der Waals surface area contributed by atoms with Crippen molar-refractivity contribution in [2.24, 2.45) is 5.92 Å². The molecule has 8 heteroatoms. The molecule has 1 N–H and O–H groups in total. The van der Waals surface area contributed by atoms with Crippen LogP contribution in [0.4, 0.5) is 0 Å². The van der Waals surface area contributed by atoms with Gasteiger partial charge in [0.2, 0.25) is 5.91 Å². The summed E-state index contributed by atoms with van der Waals surface area (Å²) >= 11 is 5.87. The van der Waals surface area contributed by atoms with Crippen molar-refractivity contribution in [1.82, 2.24) is 25.1 Å². The van der Waals surface area contributed by atoms with Crippen molar-refractivity contribution < 1.29 is 9.90 Å². The minimum Gasteiger partial charge on any atom is -0.388 e. The van der Waals surface area contributed by atoms with Crippen LogP contribution < -0.4 is 0 Å². The van der Waals surface area contributed by atoms with Crippen molar-refractivity contribution in [1.29, 1.82) is 0 Å². The first-order chi connectivity index (χ1) is 11.1. The third-order valence-corrected chi connectivity index (χ3v) is 4.49. The van der Waals surface area contributed by atoms with Gasteiger partial charge in [0.1, 0.15) is 12.9 Å². The van der Waals surface area contributed by atoms with E-state index in [9.17, 15) is 9.90 Å². The number of aliphatic hydroxyl groups is 1. The number of carbonyl (C=O) groups excluding carboxylic acids is 1. The number of nitrogens with zero attached hydrogens (tertiary/aromatic N) is 5. The Kier molecular flexibility index (Phi) is 4.88. The monoisotopic (exact) mass is 335 g/mol. The summed E-state index contributed by atoms with van der Waals surface area (Å²) in [4.78, 5) is 14.0. The molecule has 0 spiro atoms. The van der Waals surface area contributed by atoms with E-state index in [4.69, 9.17) is 11.6 Å². The van der Waals surface area contributed by atoms with Crippen LogP contribution in [0.25, 0.3) is 0 Å². The SMILES string of the molecule is O=C(Cn1cnnn1)N1CCC([C@@H](O)c2ccc(Cl)cc2)CC1. The number of likely N-dealkylation sites (tertiary alicyclic amines) is 1. The Morgan fingerprint density at radius 2 is 2.00 bits per heavy atom. The number of aliphatic hydroxyl groups excluding tert-OH is 1. The van der Waals surface area contributed by atoms with E-state index in [1.165, 1.54) is 11.0 Å². The molecular weight excluding hydrogens is 318 g/mol. The third-order valence-electron chi connectivity index (χ3n) is 4.24. The summed E-state index contributed by atoms with van der Waals surface area (Å²) < 4.78 is 1.41. The summed E-state index contributed by atoms with van der Waals surface area (Å²) in [5.41, 5.74) is 0.868. The first-order valence-corrected chi connectivity index (χ1v) is 7.93. The van der Waals surface area contributed by atoms with E-state index in [0.717, 1.165) is 18.4 Å². The minimum absolute atomic E-state index is 0.00303. The highest BCUT2D eigenvalue weighted by Gasteiger charge is 2.28. The van der Waals surface area contributed by atoms with Gasteiger partial charge in [0.25, 0.3) is 0 Å². The second kappa shape index (κ2) is 7.06. The van der Waals surface area contributed by atoms with Crippen molar-refractivity contribution in [3.8, 4) is 0 Å². The molecule has 2 aromatic rings. The molecule has 1 saturated heterocycles. The Balaban J connectivity index is 1.53. The summed E-state index contributed by atoms with van der Waals surface area (Å²) in [6.07, 6.45) is 2.44. The van der Waals surface area contributed by atoms with Gasteiger partial charge in [0.15, 0.2) is 0 Å². The van der Waals surface area contributed by atoms with Gasteiger partial charge >= 0.3 is 0 Å². The number of halogens is 1. The predicted molar refractivity (Wildman–Crippen MR) is 83.5 cm³/mol. The smallest absolute Gasteiger partial charge is 0.244 e. The Labute approximate surface area is 138 Å². The molecule has 1 atom stereocenters. The average Bonchev–Trinajstić information content (AvgIpc) is 3.08. The Bertz CT molecular complexity index is 638. The molecule has 1 aliphatic heterocycles. The van der Waals surface area contributed by atoms with Crippen molar-refractivity contribution in [2.45, 2.75) is 25.5 Å². The Hall–Kier alpha value is -1.99. The van der Waals surface area contributed by atoms with E-state index in [2.05, 4.69) is 15.5 Å². The van der Waals surface area contributed by atoms with Crippen molar-refractivity contribution in [3.05, 3.63) is 41.2 Å². The fraction of sp³-hybridized carbons (Fsp3) is 0.467. The van der Waals surface area contributed by atoms with Gasteiger partial charge in [-0.1, -0.05) is 23.7 Å². The highest BCUT2D eigenvalue weighted by molar-refractivity contribution is 6.30. The summed E-state index contributed by atoms with van der Waals surface area (Å²) in [7, 11) is 0. The van der Waals surface area contributed by atoms with Crippen molar-refractivity contribution in [3.63, 3.8) is 0 Å². The molecular formula is C15H18ClN5O2. The zero-order valence-electron chi connectivity index (χ0n) is 12.5. The molecule has 1 amide bonds. The predicted octanol–water partition coefficient (Wildman–Crippen LogP) is 1.30. The van der Waals surface area contributed by atoms with E-state index < -0.39 is 6.10 Å². The molecule has 122 valence electrons. The van der Waals surface area contributed by atoms with Crippen LogP contribution in [-0.4, -0.2) is 49.2 Å². The summed E-state index contributed by atoms with van der Waals surface area (Å²) in [6, 6.07) is 7.26. The summed E-state index contributed by atoms with van der Waals surface area (Å²) in [5, 5.41) is 21.9. The lowest BCUT2D eigenvalue weighted by atomic mass is 9.87. The topological polar surface area (TPSA) is 84.1 Å². The van der Waals surface area contributed by atoms with Gasteiger partial charge in [0, 0.05) is 18.1 Å². The molecule has 0 aliphatic carbocycles. The number of aromatic nitrogens is 4. The zero-order chi connectivity index (χ0) is 16.2. The largest absolute Gasteiger partial charge is 0.388 e. The molecule has 23 heavy (non-hydrogen) atoms. The van der Waals surface area contributed by atoms with Crippen LogP contribution >= 0.6 is 11.6 Å². The number of rotatable bonds is 4. The molecule has 7 nitrogen and oxygen atoms in total. The van der Waals surface area contributed by atoms with Gasteiger partial charge in [-0.05, 0) is 46.9 Å². The van der Waals surface area contributed by atoms with Crippen LogP contribution in [0.3, 0.4) is 0 Å². The van der Waals surface area contributed by atoms with Crippen LogP contribution in [0.1, 0.15) is 24.5 Å². The standard InChI is InChI=1S/C15H18ClN5O2/c16-13-3-1-11(2-4-13)15(23)12-5-7-20(8-6-12)14(22)9-21-10-17-18-19-21/h1-4,10,12,15,23H,5-9H2/t15-/m0/s1. The van der Waals surface area contributed by atoms with E-state index in [1.54, 1.807) is 17.0 Å². The third kappa shape index (κ3) is 3.86. The lowest BCUT2D eigenvalue weighted by molar-refractivity contribution is -0.134. The van der Waals surface area contributed by atoms with Gasteiger partial charge in [-0.15, -0.1) is 5.10 Å². The van der Waals surface area contributed by atoms with Crippen molar-refractivity contribution in [2.75, 3.05) is 13.1 Å². The van der Waals surface area contributed by atoms with Crippen LogP contribution in [0.15, 0.2) is 30.6 Å². The first-order valence-electron chi connectivity index (χ1n) is 7.55. The zero-order valence-corrected chi connectivity index (χ0v) is 13.3. The van der Waals surface area contributed by atoms with Crippen LogP contribution in [-0.2, 0) is 11.3 Å². The van der Waals surface area contributed by atoms with Gasteiger partial charge in [0.05, 0.1) is 6.10 Å². The fourth-order valence-corrected chi connectivity index (χ4v) is 3.01. The number of hydrogen-bond donors (Lipinski definition) is 1. The van der Waals surface area contributed by atoms with Crippen LogP contribution in [0, 0.1) is 5.92 Å². The van der Waals surface area contributed by atoms with Crippen LogP contribution in [0.2, 0.25) is 5.02 Å². The normalized spacial score (nSPS) is 17.2. The molecule has 2 heterocycles. The number of carbonyl (C=O) groups is 1. The fourth-order valence-electron chi connectivity index (χ4n) is 2.89. The molecule has 3 rings (SSSR count). The lowest BCUT2D eigenvalue weighted by Crippen LogP contribution is -2.41. The van der Waals surface area contributed by atoms with Crippen LogP contribution in [0.5, 0.6) is 0 Å². The maximum Gasteiger partial charge on any atom is 0.244 e. The number of amides is 1. The quantitative estimate of drug-likeness (QED) is 0.910. The van der Waals surface area contributed by atoms with E-state index in [-0.39, 0.29) is 18.4 Å². The number of tetrazole rings is 1. The van der Waals surface area contributed by atoms with Gasteiger partial charge in [-0.3, -0.25) is 4.79 Å². The molecule has 0 unspecified atom stereocenters. The number of hydrogen-bond acceptors (Lipinski definition) is 5. The average molecular weight is 336 g/mol. The minimum atomic E-state index is -0.524. The molecule has 1 aromatic heterocycles. The molecule has 0 radical (unpaired) electrons. The molecule has 0 saturated carbocycles. The number of piperidine rings is 1. The van der Waals surface area contributed by atoms with E-state index >= 15 is 0 Å². The molecule has 0 bridgehead atoms. The Morgan fingerprint density at radius 3 is 2.61 bits per heavy atom. The summed E-state index contributed by atoms with van der Waals surface area (Å²) in [6.45, 7) is 1.42. The van der Waals surface area contributed by atoms with E-state index in [1.807, 2.05) is 12.1 Å². The second-order valence-electron chi connectivity index (χ2n) is 5.72. The summed E-state index contributed by atoms with van der Waals surface area (Å²) in [5.74, 6) is 0.144. The molecule has 1 aromatic carbocycles. The highest BCUT2D eigenvalue weighted by atomic mass is 35.5. The lowest BCUT2D eigenvalue weighted by Gasteiger charge is -2.34. The maximum absolute atomic E-state index is 12.2. The van der Waals surface area contributed by atoms with Crippen molar-refractivity contribution >= 4 is 17.5 Å². The van der Waals surface area contributed by atoms with E-state index in [0.29, 0.717) is 18.1 Å². The second-order valence-corrected chi connectivity index (χ2v) is 6.16. The molecule has 1 aliphatic rings. The van der Waals surface area contributed by atoms with Gasteiger partial charge in [-0.2, -0.15) is 0 Å². The van der Waals surface area contributed by atoms with Gasteiger partial charge < -0.3 is 10.0 Å². The Morgan fingerprint density at radius 1 is 1.30 bits per heavy atom. The van der Waals surface area contributed by atoms with Gasteiger partial charge in [-0.25, -0.2) is 4.68 Å². The highest BCUT2D eigenvalue weighted by Crippen LogP contribution is 2.31.